The van der Waals surface area contributed by atoms with Crippen LogP contribution in [-0.2, 0) is 14.1 Å². The Morgan fingerprint density at radius 3 is 2.56 bits per heavy atom. The van der Waals surface area contributed by atoms with Crippen LogP contribution in [0.3, 0.4) is 0 Å². The maximum Gasteiger partial charge on any atom is 0.491 e. The van der Waals surface area contributed by atoms with E-state index in [0.29, 0.717) is 5.75 Å². The fourth-order valence-electron chi connectivity index (χ4n) is 2.54. The molecule has 1 aliphatic heterocycles. The molecule has 0 aliphatic carbocycles. The molecule has 0 saturated carbocycles. The maximum absolute atomic E-state index is 11.4. The van der Waals surface area contributed by atoms with E-state index in [1.165, 1.54) is 18.2 Å². The van der Waals surface area contributed by atoms with E-state index in [1.54, 1.807) is 6.92 Å². The zero-order valence-electron chi connectivity index (χ0n) is 15.2. The summed E-state index contributed by atoms with van der Waals surface area (Å²) < 4.78 is 17.6. The van der Waals surface area contributed by atoms with Gasteiger partial charge >= 0.3 is 7.12 Å². The van der Waals surface area contributed by atoms with E-state index < -0.39 is 18.3 Å². The average Bonchev–Trinajstić information content (AvgIpc) is 3.05. The fourth-order valence-corrected chi connectivity index (χ4v) is 3.13. The molecule has 25 heavy (non-hydrogen) atoms. The van der Waals surface area contributed by atoms with Gasteiger partial charge < -0.3 is 13.7 Å². The standard InChI is InChI=1S/C18H22BNO4S/c1-12(21)25-10-14(19-23-17(2,3)18(4,5)24-19)8-13-6-7-16-15(9-13)20-11-22-16/h6-9,11H,10H2,1-5H3. The molecule has 0 amide bonds. The molecule has 0 bridgehead atoms. The number of hydrogen-bond acceptors (Lipinski definition) is 6. The molecule has 0 atom stereocenters. The summed E-state index contributed by atoms with van der Waals surface area (Å²) in [6.45, 7) is 9.64. The largest absolute Gasteiger partial charge is 0.491 e. The first-order valence-electron chi connectivity index (χ1n) is 8.21. The second kappa shape index (κ2) is 6.63. The van der Waals surface area contributed by atoms with E-state index in [1.807, 2.05) is 52.0 Å². The molecule has 0 N–H and O–H groups in total. The van der Waals surface area contributed by atoms with Crippen LogP contribution in [0.25, 0.3) is 17.2 Å². The number of thioether (sulfide) groups is 1. The lowest BCUT2D eigenvalue weighted by atomic mass is 9.78. The third-order valence-electron chi connectivity index (χ3n) is 4.70. The summed E-state index contributed by atoms with van der Waals surface area (Å²) >= 11 is 1.25. The molecule has 1 saturated heterocycles. The number of oxazole rings is 1. The molecule has 7 heteroatoms. The average molecular weight is 359 g/mol. The molecule has 2 heterocycles. The predicted octanol–water partition coefficient (Wildman–Crippen LogP) is 4.12. The first-order valence-corrected chi connectivity index (χ1v) is 9.19. The Bertz CT molecular complexity index is 811. The Balaban J connectivity index is 1.92. The van der Waals surface area contributed by atoms with E-state index in [9.17, 15) is 4.79 Å². The normalized spacial score (nSPS) is 19.6. The van der Waals surface area contributed by atoms with Crippen molar-refractivity contribution in [3.05, 3.63) is 35.6 Å². The maximum atomic E-state index is 11.4. The molecular formula is C18H22BNO4S. The van der Waals surface area contributed by atoms with Gasteiger partial charge in [-0.15, -0.1) is 0 Å². The number of hydrogen-bond donors (Lipinski definition) is 0. The van der Waals surface area contributed by atoms with Crippen molar-refractivity contribution in [3.63, 3.8) is 0 Å². The molecule has 3 rings (SSSR count). The van der Waals surface area contributed by atoms with Gasteiger partial charge in [-0.1, -0.05) is 23.9 Å². The lowest BCUT2D eigenvalue weighted by Crippen LogP contribution is -2.41. The van der Waals surface area contributed by atoms with Gasteiger partial charge in [0.05, 0.1) is 11.2 Å². The van der Waals surface area contributed by atoms with Crippen LogP contribution in [0.4, 0.5) is 0 Å². The molecule has 1 aromatic carbocycles. The molecule has 0 radical (unpaired) electrons. The summed E-state index contributed by atoms with van der Waals surface area (Å²) in [6.07, 6.45) is 3.44. The van der Waals surface area contributed by atoms with Crippen LogP contribution >= 0.6 is 11.8 Å². The van der Waals surface area contributed by atoms with Crippen molar-refractivity contribution < 1.29 is 18.5 Å². The van der Waals surface area contributed by atoms with Crippen LogP contribution in [0.1, 0.15) is 40.2 Å². The van der Waals surface area contributed by atoms with E-state index >= 15 is 0 Å². The lowest BCUT2D eigenvalue weighted by molar-refractivity contribution is -0.109. The van der Waals surface area contributed by atoms with Crippen molar-refractivity contribution in [3.8, 4) is 0 Å². The number of aromatic nitrogens is 1. The van der Waals surface area contributed by atoms with Gasteiger partial charge in [0.15, 0.2) is 17.1 Å². The molecule has 0 spiro atoms. The summed E-state index contributed by atoms with van der Waals surface area (Å²) in [7, 11) is -0.482. The number of fused-ring (bicyclic) bond motifs is 1. The molecule has 1 aliphatic rings. The zero-order chi connectivity index (χ0) is 18.2. The van der Waals surface area contributed by atoms with Crippen molar-refractivity contribution in [2.75, 3.05) is 5.75 Å². The monoisotopic (exact) mass is 359 g/mol. The van der Waals surface area contributed by atoms with Gasteiger partial charge in [-0.2, -0.15) is 0 Å². The highest BCUT2D eigenvalue weighted by Crippen LogP contribution is 2.39. The third kappa shape index (κ3) is 3.83. The van der Waals surface area contributed by atoms with Crippen molar-refractivity contribution >= 4 is 41.2 Å². The number of carbonyl (C=O) groups is 1. The minimum absolute atomic E-state index is 0.0642. The van der Waals surface area contributed by atoms with Gasteiger partial charge in [-0.05, 0) is 50.9 Å². The summed E-state index contributed by atoms with van der Waals surface area (Å²) in [5.41, 5.74) is 2.58. The minimum Gasteiger partial charge on any atom is -0.443 e. The Morgan fingerprint density at radius 2 is 1.92 bits per heavy atom. The zero-order valence-corrected chi connectivity index (χ0v) is 16.0. The SMILES string of the molecule is CC(=O)SCC(=Cc1ccc2ocnc2c1)B1OC(C)(C)C(C)(C)O1. The predicted molar refractivity (Wildman–Crippen MR) is 101 cm³/mol. The summed E-state index contributed by atoms with van der Waals surface area (Å²) in [6, 6.07) is 5.79. The van der Waals surface area contributed by atoms with Gasteiger partial charge in [-0.3, -0.25) is 4.79 Å². The number of benzene rings is 1. The molecule has 2 aromatic rings. The van der Waals surface area contributed by atoms with Crippen LogP contribution in [0.2, 0.25) is 0 Å². The van der Waals surface area contributed by atoms with Crippen LogP contribution < -0.4 is 0 Å². The highest BCUT2D eigenvalue weighted by atomic mass is 32.2. The van der Waals surface area contributed by atoms with Crippen molar-refractivity contribution in [2.45, 2.75) is 45.8 Å². The van der Waals surface area contributed by atoms with Crippen molar-refractivity contribution in [2.24, 2.45) is 0 Å². The minimum atomic E-state index is -0.482. The van der Waals surface area contributed by atoms with Crippen LogP contribution in [0.15, 0.2) is 34.5 Å². The fraction of sp³-hybridized carbons (Fsp3) is 0.444. The molecule has 132 valence electrons. The molecule has 0 unspecified atom stereocenters. The van der Waals surface area contributed by atoms with Gasteiger partial charge in [0, 0.05) is 12.7 Å². The quantitative estimate of drug-likeness (QED) is 0.766. The van der Waals surface area contributed by atoms with E-state index in [4.69, 9.17) is 13.7 Å². The number of rotatable bonds is 4. The van der Waals surface area contributed by atoms with Gasteiger partial charge in [0.25, 0.3) is 0 Å². The van der Waals surface area contributed by atoms with Crippen LogP contribution in [0, 0.1) is 0 Å². The molecule has 1 aromatic heterocycles. The summed E-state index contributed by atoms with van der Waals surface area (Å²) in [4.78, 5) is 15.6. The second-order valence-corrected chi connectivity index (χ2v) is 8.32. The van der Waals surface area contributed by atoms with E-state index in [0.717, 1.165) is 22.1 Å². The second-order valence-electron chi connectivity index (χ2n) is 7.17. The first-order chi connectivity index (χ1) is 11.7. The lowest BCUT2D eigenvalue weighted by Gasteiger charge is -2.32. The Kier molecular flexibility index (Phi) is 4.83. The highest BCUT2D eigenvalue weighted by Gasteiger charge is 2.52. The van der Waals surface area contributed by atoms with E-state index in [-0.39, 0.29) is 5.12 Å². The smallest absolute Gasteiger partial charge is 0.443 e. The Hall–Kier alpha value is -1.57. The van der Waals surface area contributed by atoms with Crippen molar-refractivity contribution in [1.82, 2.24) is 4.98 Å². The third-order valence-corrected chi connectivity index (χ3v) is 5.59. The van der Waals surface area contributed by atoms with Crippen LogP contribution in [0.5, 0.6) is 0 Å². The first kappa shape index (κ1) is 18.2. The van der Waals surface area contributed by atoms with Crippen molar-refractivity contribution in [1.29, 1.82) is 0 Å². The van der Waals surface area contributed by atoms with Gasteiger partial charge in [-0.25, -0.2) is 4.98 Å². The molecular weight excluding hydrogens is 337 g/mol. The Labute approximate surface area is 152 Å². The number of nitrogens with zero attached hydrogens (tertiary/aromatic N) is 1. The van der Waals surface area contributed by atoms with Crippen LogP contribution in [-0.4, -0.2) is 34.2 Å². The van der Waals surface area contributed by atoms with Gasteiger partial charge in [0.1, 0.15) is 5.52 Å². The molecule has 1 fully saturated rings. The summed E-state index contributed by atoms with van der Waals surface area (Å²) in [5, 5.41) is 0.0642. The topological polar surface area (TPSA) is 61.6 Å². The molecule has 5 nitrogen and oxygen atoms in total. The van der Waals surface area contributed by atoms with E-state index in [2.05, 4.69) is 4.98 Å². The van der Waals surface area contributed by atoms with Gasteiger partial charge in [0.2, 0.25) is 0 Å². The number of carbonyl (C=O) groups excluding carboxylic acids is 1. The summed E-state index contributed by atoms with van der Waals surface area (Å²) in [5.74, 6) is 0.517. The Morgan fingerprint density at radius 1 is 1.24 bits per heavy atom. The highest BCUT2D eigenvalue weighted by molar-refractivity contribution is 8.13.